The first-order valence-electron chi connectivity index (χ1n) is 7.39. The molecule has 1 N–H and O–H groups in total. The average molecular weight is 412 g/mol. The SMILES string of the molecule is C#CCOc1cc(Br)c(/C=C(/C#N)c2ccc(C(=O)O)cc2)cc1OC. The second-order valence-corrected chi connectivity index (χ2v) is 5.92. The lowest BCUT2D eigenvalue weighted by atomic mass is 10.0. The molecule has 0 bridgehead atoms. The summed E-state index contributed by atoms with van der Waals surface area (Å²) in [6.45, 7) is 0.108. The fourth-order valence-electron chi connectivity index (χ4n) is 2.18. The van der Waals surface area contributed by atoms with Crippen LogP contribution in [-0.4, -0.2) is 24.8 Å². The van der Waals surface area contributed by atoms with Gasteiger partial charge in [0, 0.05) is 4.47 Å². The van der Waals surface area contributed by atoms with Crippen molar-refractivity contribution in [3.8, 4) is 29.9 Å². The van der Waals surface area contributed by atoms with Gasteiger partial charge in [-0.1, -0.05) is 34.0 Å². The number of methoxy groups -OCH3 is 1. The van der Waals surface area contributed by atoms with Crippen LogP contribution in [-0.2, 0) is 0 Å². The Morgan fingerprint density at radius 2 is 1.92 bits per heavy atom. The topological polar surface area (TPSA) is 79.5 Å². The van der Waals surface area contributed by atoms with E-state index in [1.165, 1.54) is 19.2 Å². The van der Waals surface area contributed by atoms with Gasteiger partial charge in [-0.25, -0.2) is 4.79 Å². The number of rotatable bonds is 6. The van der Waals surface area contributed by atoms with Gasteiger partial charge in [0.1, 0.15) is 6.61 Å². The zero-order valence-corrected chi connectivity index (χ0v) is 15.4. The molecule has 0 aliphatic rings. The summed E-state index contributed by atoms with van der Waals surface area (Å²) < 4.78 is 11.4. The molecule has 0 aliphatic carbocycles. The predicted octanol–water partition coefficient (Wildman–Crippen LogP) is 4.23. The van der Waals surface area contributed by atoms with E-state index in [4.69, 9.17) is 21.0 Å². The van der Waals surface area contributed by atoms with E-state index in [2.05, 4.69) is 27.9 Å². The van der Waals surface area contributed by atoms with E-state index < -0.39 is 5.97 Å². The molecule has 0 aliphatic heterocycles. The molecule has 0 atom stereocenters. The van der Waals surface area contributed by atoms with Gasteiger partial charge in [-0.2, -0.15) is 5.26 Å². The average Bonchev–Trinajstić information content (AvgIpc) is 2.65. The standard InChI is InChI=1S/C20H14BrNO4/c1-3-8-26-19-11-17(21)15(10-18(19)25-2)9-16(12-22)13-4-6-14(7-5-13)20(23)24/h1,4-7,9-11H,8H2,2H3,(H,23,24)/b16-9-. The number of aromatic carboxylic acids is 1. The molecule has 26 heavy (non-hydrogen) atoms. The van der Waals surface area contributed by atoms with Gasteiger partial charge in [0.05, 0.1) is 24.3 Å². The van der Waals surface area contributed by atoms with Gasteiger partial charge < -0.3 is 14.6 Å². The summed E-state index contributed by atoms with van der Waals surface area (Å²) in [5.41, 5.74) is 1.84. The van der Waals surface area contributed by atoms with Crippen LogP contribution in [0, 0.1) is 23.7 Å². The van der Waals surface area contributed by atoms with Crippen molar-refractivity contribution in [1.82, 2.24) is 0 Å². The van der Waals surface area contributed by atoms with E-state index in [-0.39, 0.29) is 12.2 Å². The Kier molecular flexibility index (Phi) is 6.43. The van der Waals surface area contributed by atoms with E-state index in [1.807, 2.05) is 0 Å². The maximum absolute atomic E-state index is 10.9. The Morgan fingerprint density at radius 3 is 2.46 bits per heavy atom. The molecular weight excluding hydrogens is 398 g/mol. The van der Waals surface area contributed by atoms with Gasteiger partial charge in [-0.05, 0) is 41.5 Å². The van der Waals surface area contributed by atoms with E-state index >= 15 is 0 Å². The maximum atomic E-state index is 10.9. The lowest BCUT2D eigenvalue weighted by Gasteiger charge is -2.11. The van der Waals surface area contributed by atoms with Gasteiger partial charge in [0.15, 0.2) is 11.5 Å². The number of halogens is 1. The van der Waals surface area contributed by atoms with Crippen molar-refractivity contribution in [3.05, 3.63) is 57.6 Å². The normalized spacial score (nSPS) is 10.5. The summed E-state index contributed by atoms with van der Waals surface area (Å²) in [6, 6.07) is 11.6. The molecule has 6 heteroatoms. The lowest BCUT2D eigenvalue weighted by Crippen LogP contribution is -1.98. The minimum Gasteiger partial charge on any atom is -0.493 e. The molecule has 0 amide bonds. The highest BCUT2D eigenvalue weighted by Gasteiger charge is 2.11. The molecule has 2 aromatic rings. The van der Waals surface area contributed by atoms with Crippen LogP contribution in [0.4, 0.5) is 0 Å². The van der Waals surface area contributed by atoms with Crippen LogP contribution in [0.1, 0.15) is 21.5 Å². The van der Waals surface area contributed by atoms with Crippen LogP contribution in [0.25, 0.3) is 11.6 Å². The molecule has 0 saturated carbocycles. The van der Waals surface area contributed by atoms with Crippen molar-refractivity contribution in [2.45, 2.75) is 0 Å². The van der Waals surface area contributed by atoms with Gasteiger partial charge in [0.2, 0.25) is 0 Å². The molecule has 0 aromatic heterocycles. The van der Waals surface area contributed by atoms with E-state index in [0.29, 0.717) is 32.7 Å². The second kappa shape index (κ2) is 8.75. The smallest absolute Gasteiger partial charge is 0.335 e. The van der Waals surface area contributed by atoms with Crippen molar-refractivity contribution in [3.63, 3.8) is 0 Å². The summed E-state index contributed by atoms with van der Waals surface area (Å²) in [7, 11) is 1.51. The first-order valence-corrected chi connectivity index (χ1v) is 8.18. The van der Waals surface area contributed by atoms with Crippen molar-refractivity contribution < 1.29 is 19.4 Å². The lowest BCUT2D eigenvalue weighted by molar-refractivity contribution is 0.0697. The fraction of sp³-hybridized carbons (Fsp3) is 0.100. The summed E-state index contributed by atoms with van der Waals surface area (Å²) in [4.78, 5) is 10.9. The third-order valence-corrected chi connectivity index (χ3v) is 4.14. The molecule has 2 rings (SSSR count). The Morgan fingerprint density at radius 1 is 1.27 bits per heavy atom. The Bertz CT molecular complexity index is 934. The van der Waals surface area contributed by atoms with Gasteiger partial charge >= 0.3 is 5.97 Å². The van der Waals surface area contributed by atoms with Crippen molar-refractivity contribution in [2.24, 2.45) is 0 Å². The van der Waals surface area contributed by atoms with Crippen molar-refractivity contribution >= 4 is 33.5 Å². The van der Waals surface area contributed by atoms with Crippen LogP contribution in [0.15, 0.2) is 40.9 Å². The molecule has 0 fully saturated rings. The molecular formula is C20H14BrNO4. The number of carboxylic acids is 1. The van der Waals surface area contributed by atoms with Crippen LogP contribution >= 0.6 is 15.9 Å². The van der Waals surface area contributed by atoms with Crippen molar-refractivity contribution in [2.75, 3.05) is 13.7 Å². The number of hydrogen-bond donors (Lipinski definition) is 1. The maximum Gasteiger partial charge on any atom is 0.335 e. The van der Waals surface area contributed by atoms with E-state index in [1.54, 1.807) is 30.3 Å². The van der Waals surface area contributed by atoms with Crippen molar-refractivity contribution in [1.29, 1.82) is 5.26 Å². The highest BCUT2D eigenvalue weighted by Crippen LogP contribution is 2.35. The number of nitriles is 1. The number of benzene rings is 2. The summed E-state index contributed by atoms with van der Waals surface area (Å²) in [5, 5.41) is 18.4. The first-order chi connectivity index (χ1) is 12.5. The van der Waals surface area contributed by atoms with Gasteiger partial charge in [0.25, 0.3) is 0 Å². The van der Waals surface area contributed by atoms with Crippen LogP contribution in [0.5, 0.6) is 11.5 Å². The van der Waals surface area contributed by atoms with E-state index in [9.17, 15) is 10.1 Å². The predicted molar refractivity (Wildman–Crippen MR) is 102 cm³/mol. The zero-order chi connectivity index (χ0) is 19.1. The minimum absolute atomic E-state index is 0.108. The number of carboxylic acid groups (broad SMARTS) is 1. The molecule has 2 aromatic carbocycles. The molecule has 130 valence electrons. The molecule has 0 radical (unpaired) electrons. The third kappa shape index (κ3) is 4.44. The molecule has 0 saturated heterocycles. The van der Waals surface area contributed by atoms with Gasteiger partial charge in [-0.3, -0.25) is 0 Å². The molecule has 5 nitrogen and oxygen atoms in total. The highest BCUT2D eigenvalue weighted by atomic mass is 79.9. The molecule has 0 spiro atoms. The second-order valence-electron chi connectivity index (χ2n) is 5.07. The summed E-state index contributed by atoms with van der Waals surface area (Å²) >= 11 is 3.44. The van der Waals surface area contributed by atoms with Crippen LogP contribution < -0.4 is 9.47 Å². The van der Waals surface area contributed by atoms with Gasteiger partial charge in [-0.15, -0.1) is 6.42 Å². The monoisotopic (exact) mass is 411 g/mol. The fourth-order valence-corrected chi connectivity index (χ4v) is 2.62. The number of terminal acetylenes is 1. The minimum atomic E-state index is -1.02. The molecule has 0 unspecified atom stereocenters. The Balaban J connectivity index is 2.44. The highest BCUT2D eigenvalue weighted by molar-refractivity contribution is 9.10. The van der Waals surface area contributed by atoms with E-state index in [0.717, 1.165) is 0 Å². The Hall–Kier alpha value is -3.22. The number of carbonyl (C=O) groups is 1. The zero-order valence-electron chi connectivity index (χ0n) is 13.8. The summed E-state index contributed by atoms with van der Waals surface area (Å²) in [5.74, 6) is 2.33. The molecule has 0 heterocycles. The van der Waals surface area contributed by atoms with Crippen LogP contribution in [0.3, 0.4) is 0 Å². The quantitative estimate of drug-likeness (QED) is 0.436. The number of hydrogen-bond acceptors (Lipinski definition) is 4. The number of nitrogens with zero attached hydrogens (tertiary/aromatic N) is 1. The third-order valence-electron chi connectivity index (χ3n) is 3.46. The largest absolute Gasteiger partial charge is 0.493 e. The van der Waals surface area contributed by atoms with Crippen LogP contribution in [0.2, 0.25) is 0 Å². The summed E-state index contributed by atoms with van der Waals surface area (Å²) in [6.07, 6.45) is 6.88. The number of ether oxygens (including phenoxy) is 2. The number of allylic oxidation sites excluding steroid dienone is 1. The first kappa shape index (κ1) is 19.1. The Labute approximate surface area is 159 Å².